The summed E-state index contributed by atoms with van der Waals surface area (Å²) < 4.78 is 5.62. The van der Waals surface area contributed by atoms with Gasteiger partial charge >= 0.3 is 0 Å². The first-order chi connectivity index (χ1) is 9.49. The molecule has 0 amide bonds. The maximum absolute atomic E-state index is 11.0. The fourth-order valence-corrected chi connectivity index (χ4v) is 2.47. The Hall–Kier alpha value is -1.50. The zero-order valence-corrected chi connectivity index (χ0v) is 11.9. The molecule has 0 bridgehead atoms. The second-order valence-electron chi connectivity index (χ2n) is 5.32. The van der Waals surface area contributed by atoms with Gasteiger partial charge in [0.2, 0.25) is 0 Å². The van der Waals surface area contributed by atoms with Crippen LogP contribution in [-0.2, 0) is 11.3 Å². The van der Waals surface area contributed by atoms with Gasteiger partial charge in [-0.15, -0.1) is 0 Å². The van der Waals surface area contributed by atoms with Crippen LogP contribution in [0.3, 0.4) is 0 Å². The third-order valence-corrected chi connectivity index (χ3v) is 3.77. The van der Waals surface area contributed by atoms with E-state index in [0.717, 1.165) is 24.2 Å². The highest BCUT2D eigenvalue weighted by Crippen LogP contribution is 2.23. The van der Waals surface area contributed by atoms with E-state index in [1.54, 1.807) is 19.1 Å². The van der Waals surface area contributed by atoms with Crippen molar-refractivity contribution in [3.05, 3.63) is 39.4 Å². The Bertz CT molecular complexity index is 491. The van der Waals surface area contributed by atoms with Gasteiger partial charge in [0.05, 0.1) is 17.6 Å². The van der Waals surface area contributed by atoms with Gasteiger partial charge in [0.25, 0.3) is 5.69 Å². The number of ether oxygens (including phenoxy) is 1. The zero-order valence-electron chi connectivity index (χ0n) is 11.9. The molecule has 1 fully saturated rings. The number of hydrogen-bond acceptors (Lipinski definition) is 5. The molecule has 1 aliphatic rings. The van der Waals surface area contributed by atoms with Crippen molar-refractivity contribution in [3.8, 4) is 0 Å². The summed E-state index contributed by atoms with van der Waals surface area (Å²) >= 11 is 0. The van der Waals surface area contributed by atoms with Gasteiger partial charge in [0, 0.05) is 37.3 Å². The lowest BCUT2D eigenvalue weighted by atomic mass is 10.1. The number of morpholine rings is 1. The highest BCUT2D eigenvalue weighted by atomic mass is 16.6. The molecule has 110 valence electrons. The number of benzene rings is 1. The molecule has 2 N–H and O–H groups in total. The Morgan fingerprint density at radius 2 is 2.35 bits per heavy atom. The lowest BCUT2D eigenvalue weighted by molar-refractivity contribution is -0.385. The van der Waals surface area contributed by atoms with Crippen molar-refractivity contribution in [1.29, 1.82) is 0 Å². The summed E-state index contributed by atoms with van der Waals surface area (Å²) in [7, 11) is 0. The van der Waals surface area contributed by atoms with Crippen LogP contribution in [0, 0.1) is 17.0 Å². The fraction of sp³-hybridized carbons (Fsp3) is 0.571. The van der Waals surface area contributed by atoms with Crippen LogP contribution in [0.4, 0.5) is 5.69 Å². The highest BCUT2D eigenvalue weighted by molar-refractivity contribution is 5.44. The van der Waals surface area contributed by atoms with Crippen molar-refractivity contribution in [2.75, 3.05) is 19.7 Å². The Morgan fingerprint density at radius 1 is 1.60 bits per heavy atom. The van der Waals surface area contributed by atoms with E-state index < -0.39 is 0 Å². The average Bonchev–Trinajstić information content (AvgIpc) is 2.41. The largest absolute Gasteiger partial charge is 0.374 e. The number of nitrogens with two attached hydrogens (primary N) is 1. The Labute approximate surface area is 118 Å². The molecule has 6 heteroatoms. The van der Waals surface area contributed by atoms with E-state index in [2.05, 4.69) is 4.90 Å². The summed E-state index contributed by atoms with van der Waals surface area (Å²) in [5.74, 6) is 0. The van der Waals surface area contributed by atoms with Gasteiger partial charge < -0.3 is 10.5 Å². The van der Waals surface area contributed by atoms with E-state index >= 15 is 0 Å². The Kier molecular flexibility index (Phi) is 4.69. The van der Waals surface area contributed by atoms with Crippen molar-refractivity contribution in [2.45, 2.75) is 32.5 Å². The van der Waals surface area contributed by atoms with Crippen molar-refractivity contribution in [1.82, 2.24) is 4.90 Å². The molecule has 0 radical (unpaired) electrons. The van der Waals surface area contributed by atoms with Crippen LogP contribution in [0.5, 0.6) is 0 Å². The van der Waals surface area contributed by atoms with E-state index in [4.69, 9.17) is 10.5 Å². The van der Waals surface area contributed by atoms with E-state index in [9.17, 15) is 10.1 Å². The first-order valence-electron chi connectivity index (χ1n) is 6.81. The number of rotatable bonds is 4. The molecule has 1 heterocycles. The number of hydrogen-bond donors (Lipinski definition) is 1. The summed E-state index contributed by atoms with van der Waals surface area (Å²) in [4.78, 5) is 12.9. The molecule has 2 rings (SSSR count). The summed E-state index contributed by atoms with van der Waals surface area (Å²) in [5, 5.41) is 11.0. The van der Waals surface area contributed by atoms with Crippen LogP contribution in [0.15, 0.2) is 18.2 Å². The molecule has 1 aromatic carbocycles. The molecule has 1 saturated heterocycles. The lowest BCUT2D eigenvalue weighted by Gasteiger charge is -2.34. The van der Waals surface area contributed by atoms with Gasteiger partial charge in [0.15, 0.2) is 0 Å². The van der Waals surface area contributed by atoms with Crippen LogP contribution >= 0.6 is 0 Å². The molecule has 0 spiro atoms. The van der Waals surface area contributed by atoms with Crippen molar-refractivity contribution < 1.29 is 9.66 Å². The topological polar surface area (TPSA) is 81.6 Å². The summed E-state index contributed by atoms with van der Waals surface area (Å²) in [6.45, 7) is 6.68. The van der Waals surface area contributed by atoms with Crippen LogP contribution < -0.4 is 5.73 Å². The first-order valence-corrected chi connectivity index (χ1v) is 6.81. The monoisotopic (exact) mass is 279 g/mol. The highest BCUT2D eigenvalue weighted by Gasteiger charge is 2.24. The fourth-order valence-electron chi connectivity index (χ4n) is 2.47. The smallest absolute Gasteiger partial charge is 0.272 e. The van der Waals surface area contributed by atoms with Crippen molar-refractivity contribution in [2.24, 2.45) is 5.73 Å². The first kappa shape index (κ1) is 14.9. The molecule has 0 aliphatic carbocycles. The minimum absolute atomic E-state index is 0.0102. The summed E-state index contributed by atoms with van der Waals surface area (Å²) in [6.07, 6.45) is 0.0303. The molecule has 6 nitrogen and oxygen atoms in total. The van der Waals surface area contributed by atoms with E-state index in [1.807, 2.05) is 13.0 Å². The predicted octanol–water partition coefficient (Wildman–Crippen LogP) is 1.45. The maximum atomic E-state index is 11.0. The van der Waals surface area contributed by atoms with Crippen LogP contribution in [0.2, 0.25) is 0 Å². The van der Waals surface area contributed by atoms with Crippen LogP contribution in [-0.4, -0.2) is 41.7 Å². The standard InChI is InChI=1S/C14H21N3O3/c1-10-12(4-3-5-13(10)17(18)19)8-16-6-7-20-14(9-16)11(2)15/h3-5,11,14H,6-9,15H2,1-2H3. The quantitative estimate of drug-likeness (QED) is 0.666. The van der Waals surface area contributed by atoms with Gasteiger partial charge in [0.1, 0.15) is 0 Å². The minimum atomic E-state index is -0.330. The minimum Gasteiger partial charge on any atom is -0.374 e. The van der Waals surface area contributed by atoms with E-state index in [1.165, 1.54) is 0 Å². The van der Waals surface area contributed by atoms with E-state index in [-0.39, 0.29) is 22.8 Å². The molecule has 1 aromatic rings. The van der Waals surface area contributed by atoms with Crippen LogP contribution in [0.1, 0.15) is 18.1 Å². The number of nitrogens with zero attached hydrogens (tertiary/aromatic N) is 2. The van der Waals surface area contributed by atoms with Gasteiger partial charge in [-0.1, -0.05) is 12.1 Å². The molecule has 1 aliphatic heterocycles. The Morgan fingerprint density at radius 3 is 3.00 bits per heavy atom. The third-order valence-electron chi connectivity index (χ3n) is 3.77. The van der Waals surface area contributed by atoms with Crippen LogP contribution in [0.25, 0.3) is 0 Å². The maximum Gasteiger partial charge on any atom is 0.272 e. The molecule has 2 unspecified atom stereocenters. The number of nitro groups is 1. The molecule has 0 saturated carbocycles. The zero-order chi connectivity index (χ0) is 14.7. The SMILES string of the molecule is Cc1c(CN2CCOC(C(C)N)C2)cccc1[N+](=O)[O-]. The van der Waals surface area contributed by atoms with Gasteiger partial charge in [-0.3, -0.25) is 15.0 Å². The van der Waals surface area contributed by atoms with Gasteiger partial charge in [-0.05, 0) is 19.4 Å². The summed E-state index contributed by atoms with van der Waals surface area (Å²) in [5.41, 5.74) is 7.78. The summed E-state index contributed by atoms with van der Waals surface area (Å²) in [6, 6.07) is 5.22. The van der Waals surface area contributed by atoms with E-state index in [0.29, 0.717) is 13.2 Å². The third kappa shape index (κ3) is 3.33. The van der Waals surface area contributed by atoms with Gasteiger partial charge in [-0.25, -0.2) is 0 Å². The van der Waals surface area contributed by atoms with Gasteiger partial charge in [-0.2, -0.15) is 0 Å². The molecular formula is C14H21N3O3. The molecule has 20 heavy (non-hydrogen) atoms. The normalized spacial score (nSPS) is 21.6. The lowest BCUT2D eigenvalue weighted by Crippen LogP contribution is -2.49. The predicted molar refractivity (Wildman–Crippen MR) is 76.5 cm³/mol. The molecular weight excluding hydrogens is 258 g/mol. The van der Waals surface area contributed by atoms with Crippen molar-refractivity contribution >= 4 is 5.69 Å². The molecule has 2 atom stereocenters. The van der Waals surface area contributed by atoms with Crippen molar-refractivity contribution in [3.63, 3.8) is 0 Å². The second-order valence-corrected chi connectivity index (χ2v) is 5.32. The molecule has 0 aromatic heterocycles. The second kappa shape index (κ2) is 6.30. The number of nitro benzene ring substituents is 1. The average molecular weight is 279 g/mol. The Balaban J connectivity index is 2.10.